The number of rotatable bonds is 5. The normalized spacial score (nSPS) is 19.0. The van der Waals surface area contributed by atoms with Gasteiger partial charge in [0.25, 0.3) is 0 Å². The molecule has 15 heavy (non-hydrogen) atoms. The van der Waals surface area contributed by atoms with Crippen molar-refractivity contribution >= 4 is 0 Å². The Morgan fingerprint density at radius 1 is 1.27 bits per heavy atom. The molecule has 0 aliphatic carbocycles. The largest absolute Gasteiger partial charge is 0.393 e. The van der Waals surface area contributed by atoms with Crippen LogP contribution in [0.15, 0.2) is 0 Å². The zero-order valence-electron chi connectivity index (χ0n) is 11.1. The molecule has 3 unspecified atom stereocenters. The van der Waals surface area contributed by atoms with Crippen LogP contribution in [0.25, 0.3) is 0 Å². The van der Waals surface area contributed by atoms with Crippen LogP contribution in [0.3, 0.4) is 0 Å². The Hall–Kier alpha value is -0.120. The van der Waals surface area contributed by atoms with Crippen molar-refractivity contribution in [3.8, 4) is 0 Å². The monoisotopic (exact) mass is 216 g/mol. The fourth-order valence-corrected chi connectivity index (χ4v) is 2.38. The molecule has 0 spiro atoms. The minimum atomic E-state index is -0.235. The highest BCUT2D eigenvalue weighted by Crippen LogP contribution is 2.25. The van der Waals surface area contributed by atoms with Crippen molar-refractivity contribution in [1.29, 1.82) is 0 Å². The average molecular weight is 216 g/mol. The van der Waals surface area contributed by atoms with Crippen molar-refractivity contribution in [1.82, 2.24) is 4.90 Å². The summed E-state index contributed by atoms with van der Waals surface area (Å²) in [5, 5.41) is 9.27. The van der Waals surface area contributed by atoms with Gasteiger partial charge in [0.05, 0.1) is 6.10 Å². The molecule has 3 atom stereocenters. The average Bonchev–Trinajstić information content (AvgIpc) is 1.96. The molecule has 3 N–H and O–H groups in total. The van der Waals surface area contributed by atoms with Gasteiger partial charge in [0, 0.05) is 18.6 Å². The third-order valence-corrected chi connectivity index (χ3v) is 2.76. The van der Waals surface area contributed by atoms with E-state index in [9.17, 15) is 5.11 Å². The number of aliphatic hydroxyl groups is 1. The summed E-state index contributed by atoms with van der Waals surface area (Å²) in [5.74, 6) is 0. The maximum absolute atomic E-state index is 9.27. The molecule has 0 radical (unpaired) electrons. The van der Waals surface area contributed by atoms with Crippen molar-refractivity contribution in [2.24, 2.45) is 11.1 Å². The van der Waals surface area contributed by atoms with E-state index in [4.69, 9.17) is 5.73 Å². The summed E-state index contributed by atoms with van der Waals surface area (Å²) < 4.78 is 0. The topological polar surface area (TPSA) is 49.5 Å². The van der Waals surface area contributed by atoms with Crippen molar-refractivity contribution < 1.29 is 5.11 Å². The lowest BCUT2D eigenvalue weighted by atomic mass is 9.82. The van der Waals surface area contributed by atoms with E-state index in [-0.39, 0.29) is 17.6 Å². The molecule has 0 fully saturated rings. The van der Waals surface area contributed by atoms with E-state index in [1.54, 1.807) is 0 Å². The van der Waals surface area contributed by atoms with Crippen LogP contribution in [-0.4, -0.2) is 41.8 Å². The summed E-state index contributed by atoms with van der Waals surface area (Å²) >= 11 is 0. The number of hydrogen-bond donors (Lipinski definition) is 2. The Morgan fingerprint density at radius 2 is 1.73 bits per heavy atom. The molecule has 0 amide bonds. The van der Waals surface area contributed by atoms with Crippen LogP contribution in [0.1, 0.15) is 41.0 Å². The second-order valence-electron chi connectivity index (χ2n) is 5.79. The molecule has 0 rings (SSSR count). The standard InChI is InChI=1S/C12H28N2O/c1-9(15)7-8-14(6)11(10(2)13)12(3,4)5/h9-11,15H,7-8,13H2,1-6H3. The fourth-order valence-electron chi connectivity index (χ4n) is 2.38. The minimum Gasteiger partial charge on any atom is -0.393 e. The summed E-state index contributed by atoms with van der Waals surface area (Å²) in [4.78, 5) is 2.26. The molecule has 0 saturated carbocycles. The number of nitrogens with zero attached hydrogens (tertiary/aromatic N) is 1. The fraction of sp³-hybridized carbons (Fsp3) is 1.00. The predicted molar refractivity (Wildman–Crippen MR) is 65.8 cm³/mol. The molecule has 0 heterocycles. The van der Waals surface area contributed by atoms with Crippen molar-refractivity contribution in [3.63, 3.8) is 0 Å². The second-order valence-corrected chi connectivity index (χ2v) is 5.79. The molecule has 0 aliphatic heterocycles. The van der Waals surface area contributed by atoms with Gasteiger partial charge >= 0.3 is 0 Å². The van der Waals surface area contributed by atoms with E-state index in [2.05, 4.69) is 39.6 Å². The van der Waals surface area contributed by atoms with Crippen molar-refractivity contribution in [3.05, 3.63) is 0 Å². The van der Waals surface area contributed by atoms with Crippen LogP contribution in [0.4, 0.5) is 0 Å². The lowest BCUT2D eigenvalue weighted by molar-refractivity contribution is 0.0864. The third-order valence-electron chi connectivity index (χ3n) is 2.76. The minimum absolute atomic E-state index is 0.143. The van der Waals surface area contributed by atoms with E-state index in [1.807, 2.05) is 6.92 Å². The van der Waals surface area contributed by atoms with Gasteiger partial charge in [0.1, 0.15) is 0 Å². The summed E-state index contributed by atoms with van der Waals surface area (Å²) in [5.41, 5.74) is 6.19. The molecule has 3 nitrogen and oxygen atoms in total. The van der Waals surface area contributed by atoms with E-state index in [0.29, 0.717) is 6.04 Å². The van der Waals surface area contributed by atoms with Gasteiger partial charge in [-0.15, -0.1) is 0 Å². The molecule has 0 bridgehead atoms. The molecule has 0 aromatic carbocycles. The van der Waals surface area contributed by atoms with E-state index < -0.39 is 0 Å². The first-order valence-electron chi connectivity index (χ1n) is 5.80. The van der Waals surface area contributed by atoms with Gasteiger partial charge < -0.3 is 15.7 Å². The third kappa shape index (κ3) is 5.50. The van der Waals surface area contributed by atoms with Gasteiger partial charge in [-0.2, -0.15) is 0 Å². The van der Waals surface area contributed by atoms with Crippen LogP contribution >= 0.6 is 0 Å². The number of aliphatic hydroxyl groups excluding tert-OH is 1. The Kier molecular flexibility index (Phi) is 5.78. The Morgan fingerprint density at radius 3 is 2.00 bits per heavy atom. The van der Waals surface area contributed by atoms with Crippen LogP contribution in [0.5, 0.6) is 0 Å². The van der Waals surface area contributed by atoms with E-state index in [1.165, 1.54) is 0 Å². The number of likely N-dealkylation sites (N-methyl/N-ethyl adjacent to an activating group) is 1. The van der Waals surface area contributed by atoms with Crippen molar-refractivity contribution in [2.45, 2.75) is 59.2 Å². The molecule has 0 aromatic rings. The Balaban J connectivity index is 4.37. The van der Waals surface area contributed by atoms with E-state index in [0.717, 1.165) is 13.0 Å². The highest BCUT2D eigenvalue weighted by Gasteiger charge is 2.31. The second kappa shape index (κ2) is 5.83. The molecule has 0 aromatic heterocycles. The lowest BCUT2D eigenvalue weighted by Gasteiger charge is -2.41. The Labute approximate surface area is 94.6 Å². The molecule has 92 valence electrons. The number of nitrogens with two attached hydrogens (primary N) is 1. The van der Waals surface area contributed by atoms with Crippen LogP contribution in [0.2, 0.25) is 0 Å². The van der Waals surface area contributed by atoms with Gasteiger partial charge in [-0.05, 0) is 32.7 Å². The molecule has 0 aliphatic rings. The highest BCUT2D eigenvalue weighted by atomic mass is 16.3. The summed E-state index contributed by atoms with van der Waals surface area (Å²) in [6.45, 7) is 11.4. The summed E-state index contributed by atoms with van der Waals surface area (Å²) in [7, 11) is 2.08. The zero-order chi connectivity index (χ0) is 12.2. The smallest absolute Gasteiger partial charge is 0.0524 e. The molecule has 0 saturated heterocycles. The first-order chi connectivity index (χ1) is 6.66. The number of hydrogen-bond acceptors (Lipinski definition) is 3. The molecular formula is C12H28N2O. The maximum atomic E-state index is 9.27. The van der Waals surface area contributed by atoms with Gasteiger partial charge in [-0.25, -0.2) is 0 Å². The quantitative estimate of drug-likeness (QED) is 0.731. The maximum Gasteiger partial charge on any atom is 0.0524 e. The van der Waals surface area contributed by atoms with Gasteiger partial charge in [-0.3, -0.25) is 0 Å². The van der Waals surface area contributed by atoms with Crippen LogP contribution in [0, 0.1) is 5.41 Å². The Bertz CT molecular complexity index is 173. The van der Waals surface area contributed by atoms with E-state index >= 15 is 0 Å². The SMILES string of the molecule is CC(O)CCN(C)C(C(C)N)C(C)(C)C. The van der Waals surface area contributed by atoms with Gasteiger partial charge in [0.15, 0.2) is 0 Å². The van der Waals surface area contributed by atoms with Gasteiger partial charge in [0.2, 0.25) is 0 Å². The molecule has 3 heteroatoms. The lowest BCUT2D eigenvalue weighted by Crippen LogP contribution is -2.52. The first kappa shape index (κ1) is 14.9. The molecular weight excluding hydrogens is 188 g/mol. The summed E-state index contributed by atoms with van der Waals surface area (Å²) in [6, 6.07) is 0.486. The zero-order valence-corrected chi connectivity index (χ0v) is 11.1. The van der Waals surface area contributed by atoms with Crippen LogP contribution < -0.4 is 5.73 Å². The predicted octanol–water partition coefficient (Wildman–Crippen LogP) is 1.45. The first-order valence-corrected chi connectivity index (χ1v) is 5.80. The van der Waals surface area contributed by atoms with Crippen molar-refractivity contribution in [2.75, 3.05) is 13.6 Å². The van der Waals surface area contributed by atoms with Gasteiger partial charge in [-0.1, -0.05) is 20.8 Å². The van der Waals surface area contributed by atoms with Crippen LogP contribution in [-0.2, 0) is 0 Å². The highest BCUT2D eigenvalue weighted by molar-refractivity contribution is 4.87. The summed E-state index contributed by atoms with van der Waals surface area (Å²) in [6.07, 6.45) is 0.566.